The van der Waals surface area contributed by atoms with E-state index in [1.165, 1.54) is 16.1 Å². The van der Waals surface area contributed by atoms with Gasteiger partial charge in [0.2, 0.25) is 5.88 Å². The number of aryl methyl sites for hydroxylation is 1. The van der Waals surface area contributed by atoms with Crippen LogP contribution in [0.15, 0.2) is 18.5 Å². The molecule has 0 unspecified atom stereocenters. The third kappa shape index (κ3) is 2.79. The molecule has 0 saturated heterocycles. The van der Waals surface area contributed by atoms with Crippen molar-refractivity contribution in [2.24, 2.45) is 0 Å². The van der Waals surface area contributed by atoms with E-state index in [9.17, 15) is 0 Å². The number of nitrogens with zero attached hydrogens (tertiary/aromatic N) is 2. The van der Waals surface area contributed by atoms with Crippen molar-refractivity contribution < 1.29 is 4.74 Å². The van der Waals surface area contributed by atoms with E-state index in [2.05, 4.69) is 34.3 Å². The molecule has 1 N–H and O–H groups in total. The molecule has 0 aliphatic heterocycles. The van der Waals surface area contributed by atoms with Crippen molar-refractivity contribution in [3.8, 4) is 5.88 Å². The maximum atomic E-state index is 5.17. The molecule has 2 heterocycles. The first kappa shape index (κ1) is 12.8. The standard InChI is InChI=1S/C13H17N3OS/c1-4-10-5-6-11(18-10)7-14-12-9(2)13(17-3)16-8-15-12/h5-6,8H,4,7H2,1-3H3,(H,14,15,16). The van der Waals surface area contributed by atoms with Crippen LogP contribution in [-0.4, -0.2) is 17.1 Å². The highest BCUT2D eigenvalue weighted by Gasteiger charge is 2.07. The minimum Gasteiger partial charge on any atom is -0.481 e. The molecule has 0 aliphatic rings. The number of thiophene rings is 1. The van der Waals surface area contributed by atoms with Crippen LogP contribution in [0.25, 0.3) is 0 Å². The fraction of sp³-hybridized carbons (Fsp3) is 0.385. The largest absolute Gasteiger partial charge is 0.481 e. The number of nitrogens with one attached hydrogen (secondary N) is 1. The molecule has 0 fully saturated rings. The Hall–Kier alpha value is -1.62. The van der Waals surface area contributed by atoms with Gasteiger partial charge in [0.1, 0.15) is 12.1 Å². The van der Waals surface area contributed by atoms with E-state index in [1.54, 1.807) is 7.11 Å². The Kier molecular flexibility index (Phi) is 4.15. The van der Waals surface area contributed by atoms with Crippen molar-refractivity contribution in [3.05, 3.63) is 33.8 Å². The van der Waals surface area contributed by atoms with Gasteiger partial charge in [-0.15, -0.1) is 11.3 Å². The summed E-state index contributed by atoms with van der Waals surface area (Å²) in [5, 5.41) is 3.32. The van der Waals surface area contributed by atoms with Crippen LogP contribution >= 0.6 is 11.3 Å². The van der Waals surface area contributed by atoms with Crippen molar-refractivity contribution in [2.75, 3.05) is 12.4 Å². The maximum absolute atomic E-state index is 5.17. The van der Waals surface area contributed by atoms with Gasteiger partial charge < -0.3 is 10.1 Å². The van der Waals surface area contributed by atoms with Crippen molar-refractivity contribution in [2.45, 2.75) is 26.8 Å². The first-order chi connectivity index (χ1) is 8.74. The van der Waals surface area contributed by atoms with Crippen molar-refractivity contribution in [1.29, 1.82) is 0 Å². The summed E-state index contributed by atoms with van der Waals surface area (Å²) in [4.78, 5) is 11.0. The van der Waals surface area contributed by atoms with Gasteiger partial charge in [0.25, 0.3) is 0 Å². The van der Waals surface area contributed by atoms with Crippen LogP contribution in [-0.2, 0) is 13.0 Å². The molecular formula is C13H17N3OS. The Morgan fingerprint density at radius 1 is 1.28 bits per heavy atom. The lowest BCUT2D eigenvalue weighted by Gasteiger charge is -2.09. The molecule has 2 aromatic rings. The van der Waals surface area contributed by atoms with Crippen LogP contribution in [0.1, 0.15) is 22.2 Å². The zero-order valence-corrected chi connectivity index (χ0v) is 11.7. The number of anilines is 1. The number of ether oxygens (including phenoxy) is 1. The van der Waals surface area contributed by atoms with Crippen molar-refractivity contribution in [3.63, 3.8) is 0 Å². The maximum Gasteiger partial charge on any atom is 0.221 e. The van der Waals surface area contributed by atoms with E-state index in [1.807, 2.05) is 18.3 Å². The van der Waals surface area contributed by atoms with E-state index in [4.69, 9.17) is 4.74 Å². The smallest absolute Gasteiger partial charge is 0.221 e. The van der Waals surface area contributed by atoms with Gasteiger partial charge in [-0.1, -0.05) is 6.92 Å². The normalized spacial score (nSPS) is 10.4. The van der Waals surface area contributed by atoms with Gasteiger partial charge in [-0.25, -0.2) is 9.97 Å². The highest BCUT2D eigenvalue weighted by Crippen LogP contribution is 2.22. The van der Waals surface area contributed by atoms with E-state index < -0.39 is 0 Å². The average molecular weight is 263 g/mol. The van der Waals surface area contributed by atoms with Gasteiger partial charge >= 0.3 is 0 Å². The van der Waals surface area contributed by atoms with Crippen LogP contribution in [0, 0.1) is 6.92 Å². The Balaban J connectivity index is 2.06. The van der Waals surface area contributed by atoms with Crippen LogP contribution in [0.3, 0.4) is 0 Å². The molecule has 2 aromatic heterocycles. The molecule has 4 nitrogen and oxygen atoms in total. The summed E-state index contributed by atoms with van der Waals surface area (Å²) in [6.07, 6.45) is 2.60. The van der Waals surface area contributed by atoms with Crippen LogP contribution < -0.4 is 10.1 Å². The van der Waals surface area contributed by atoms with E-state index >= 15 is 0 Å². The summed E-state index contributed by atoms with van der Waals surface area (Å²) in [6, 6.07) is 4.33. The lowest BCUT2D eigenvalue weighted by molar-refractivity contribution is 0.393. The molecule has 0 spiro atoms. The third-order valence-corrected chi connectivity index (χ3v) is 3.96. The molecule has 2 rings (SSSR count). The van der Waals surface area contributed by atoms with E-state index in [-0.39, 0.29) is 0 Å². The highest BCUT2D eigenvalue weighted by molar-refractivity contribution is 7.12. The third-order valence-electron chi connectivity index (χ3n) is 2.73. The van der Waals surface area contributed by atoms with Gasteiger partial charge in [-0.2, -0.15) is 0 Å². The second-order valence-corrected chi connectivity index (χ2v) is 5.18. The Labute approximate surface area is 111 Å². The van der Waals surface area contributed by atoms with Gasteiger partial charge in [-0.3, -0.25) is 0 Å². The summed E-state index contributed by atoms with van der Waals surface area (Å²) in [6.45, 7) is 4.90. The van der Waals surface area contributed by atoms with Crippen LogP contribution in [0.5, 0.6) is 5.88 Å². The number of aromatic nitrogens is 2. The van der Waals surface area contributed by atoms with E-state index in [0.717, 1.165) is 24.3 Å². The van der Waals surface area contributed by atoms with Gasteiger partial charge in [0.05, 0.1) is 19.2 Å². The minimum absolute atomic E-state index is 0.618. The predicted molar refractivity (Wildman–Crippen MR) is 74.3 cm³/mol. The molecule has 0 radical (unpaired) electrons. The molecule has 0 bridgehead atoms. The van der Waals surface area contributed by atoms with Gasteiger partial charge in [0.15, 0.2) is 0 Å². The summed E-state index contributed by atoms with van der Waals surface area (Å²) in [5.41, 5.74) is 0.937. The first-order valence-electron chi connectivity index (χ1n) is 5.91. The van der Waals surface area contributed by atoms with E-state index in [0.29, 0.717) is 5.88 Å². The fourth-order valence-electron chi connectivity index (χ4n) is 1.70. The number of rotatable bonds is 5. The lowest BCUT2D eigenvalue weighted by Crippen LogP contribution is -2.04. The molecule has 0 aromatic carbocycles. The zero-order valence-electron chi connectivity index (χ0n) is 10.9. The highest BCUT2D eigenvalue weighted by atomic mass is 32.1. The van der Waals surface area contributed by atoms with Crippen LogP contribution in [0.4, 0.5) is 5.82 Å². The summed E-state index contributed by atoms with van der Waals surface area (Å²) in [5.74, 6) is 1.45. The molecule has 0 atom stereocenters. The van der Waals surface area contributed by atoms with Gasteiger partial charge in [0, 0.05) is 9.75 Å². The summed E-state index contributed by atoms with van der Waals surface area (Å²) in [7, 11) is 1.62. The molecule has 0 aliphatic carbocycles. The minimum atomic E-state index is 0.618. The Morgan fingerprint density at radius 3 is 2.72 bits per heavy atom. The first-order valence-corrected chi connectivity index (χ1v) is 6.73. The summed E-state index contributed by atoms with van der Waals surface area (Å²) < 4.78 is 5.17. The monoisotopic (exact) mass is 263 g/mol. The topological polar surface area (TPSA) is 47.0 Å². The fourth-order valence-corrected chi connectivity index (χ4v) is 2.59. The molecule has 0 saturated carbocycles. The molecule has 5 heteroatoms. The summed E-state index contributed by atoms with van der Waals surface area (Å²) >= 11 is 1.83. The van der Waals surface area contributed by atoms with Gasteiger partial charge in [-0.05, 0) is 25.5 Å². The Morgan fingerprint density at radius 2 is 2.06 bits per heavy atom. The second kappa shape index (κ2) is 5.82. The number of methoxy groups -OCH3 is 1. The van der Waals surface area contributed by atoms with Crippen LogP contribution in [0.2, 0.25) is 0 Å². The molecular weight excluding hydrogens is 246 g/mol. The number of hydrogen-bond acceptors (Lipinski definition) is 5. The lowest BCUT2D eigenvalue weighted by atomic mass is 10.3. The zero-order chi connectivity index (χ0) is 13.0. The molecule has 0 amide bonds. The van der Waals surface area contributed by atoms with Crippen molar-refractivity contribution in [1.82, 2.24) is 9.97 Å². The number of hydrogen-bond donors (Lipinski definition) is 1. The Bertz CT molecular complexity index is 525. The predicted octanol–water partition coefficient (Wildman–Crippen LogP) is 3.03. The van der Waals surface area contributed by atoms with Crippen molar-refractivity contribution >= 4 is 17.2 Å². The SMILES string of the molecule is CCc1ccc(CNc2ncnc(OC)c2C)s1. The second-order valence-electron chi connectivity index (χ2n) is 3.93. The molecule has 96 valence electrons. The quantitative estimate of drug-likeness (QED) is 0.900. The average Bonchev–Trinajstić information content (AvgIpc) is 2.85. The molecule has 18 heavy (non-hydrogen) atoms.